The summed E-state index contributed by atoms with van der Waals surface area (Å²) in [6.45, 7) is 16.6. The molecule has 1 aliphatic rings. The standard InChI is InChI=1S/C24H43N3O4/c1-14(2)20(12-18(8)24(30)31)26(9)23(29)21(15(3)4)25-22(28)19-11-10-17(7)13-27(19)16(5)6/h12,14-17,19-21H,10-11,13H2,1-9H3,(H,25,28)(H,30,31)/b18-12+/t17-,19-,20-,21?/m1/s1. The van der Waals surface area contributed by atoms with Crippen LogP contribution in [0.3, 0.4) is 0 Å². The van der Waals surface area contributed by atoms with Crippen LogP contribution in [0.4, 0.5) is 0 Å². The lowest BCUT2D eigenvalue weighted by Crippen LogP contribution is -2.59. The third-order valence-electron chi connectivity index (χ3n) is 6.29. The number of carboxylic acid groups (broad SMARTS) is 1. The summed E-state index contributed by atoms with van der Waals surface area (Å²) in [6.07, 6.45) is 3.40. The summed E-state index contributed by atoms with van der Waals surface area (Å²) in [6, 6.07) is -1.01. The first-order valence-electron chi connectivity index (χ1n) is 11.5. The predicted octanol–water partition coefficient (Wildman–Crippen LogP) is 3.15. The van der Waals surface area contributed by atoms with Gasteiger partial charge in [-0.05, 0) is 51.4 Å². The van der Waals surface area contributed by atoms with Crippen molar-refractivity contribution in [2.75, 3.05) is 13.6 Å². The number of hydrogen-bond acceptors (Lipinski definition) is 4. The maximum Gasteiger partial charge on any atom is 0.331 e. The molecule has 4 atom stereocenters. The van der Waals surface area contributed by atoms with Gasteiger partial charge < -0.3 is 15.3 Å². The summed E-state index contributed by atoms with van der Waals surface area (Å²) in [5.74, 6) is -0.804. The summed E-state index contributed by atoms with van der Waals surface area (Å²) >= 11 is 0. The lowest BCUT2D eigenvalue weighted by atomic mass is 9.91. The van der Waals surface area contributed by atoms with Gasteiger partial charge in [0.25, 0.3) is 0 Å². The van der Waals surface area contributed by atoms with E-state index in [1.807, 2.05) is 27.7 Å². The van der Waals surface area contributed by atoms with Crippen LogP contribution in [0, 0.1) is 17.8 Å². The van der Waals surface area contributed by atoms with Crippen molar-refractivity contribution in [1.29, 1.82) is 0 Å². The van der Waals surface area contributed by atoms with Crippen molar-refractivity contribution in [3.63, 3.8) is 0 Å². The number of carbonyl (C=O) groups excluding carboxylic acids is 2. The van der Waals surface area contributed by atoms with Crippen molar-refractivity contribution in [3.8, 4) is 0 Å². The minimum atomic E-state index is -1.000. The molecule has 178 valence electrons. The molecular weight excluding hydrogens is 394 g/mol. The Morgan fingerprint density at radius 3 is 2.10 bits per heavy atom. The molecule has 0 bridgehead atoms. The zero-order chi connectivity index (χ0) is 24.0. The molecule has 0 aromatic carbocycles. The second-order valence-corrected chi connectivity index (χ2v) is 10.1. The van der Waals surface area contributed by atoms with E-state index < -0.39 is 12.0 Å². The van der Waals surface area contributed by atoms with E-state index in [9.17, 15) is 19.5 Å². The number of amides is 2. The van der Waals surface area contributed by atoms with Gasteiger partial charge in [-0.2, -0.15) is 0 Å². The van der Waals surface area contributed by atoms with Gasteiger partial charge in [0.05, 0.1) is 12.1 Å². The predicted molar refractivity (Wildman–Crippen MR) is 124 cm³/mol. The minimum absolute atomic E-state index is 0.0306. The van der Waals surface area contributed by atoms with Crippen molar-refractivity contribution >= 4 is 17.8 Å². The molecule has 0 saturated carbocycles. The zero-order valence-electron chi connectivity index (χ0n) is 20.8. The number of likely N-dealkylation sites (N-methyl/N-ethyl adjacent to an activating group) is 1. The van der Waals surface area contributed by atoms with E-state index in [0.717, 1.165) is 19.4 Å². The number of rotatable bonds is 9. The smallest absolute Gasteiger partial charge is 0.331 e. The maximum absolute atomic E-state index is 13.4. The van der Waals surface area contributed by atoms with Gasteiger partial charge in [-0.25, -0.2) is 4.79 Å². The molecule has 0 aromatic rings. The number of aliphatic carboxylic acids is 1. The first kappa shape index (κ1) is 27.1. The van der Waals surface area contributed by atoms with Gasteiger partial charge >= 0.3 is 5.97 Å². The minimum Gasteiger partial charge on any atom is -0.478 e. The summed E-state index contributed by atoms with van der Waals surface area (Å²) < 4.78 is 0. The molecule has 1 unspecified atom stereocenters. The van der Waals surface area contributed by atoms with Gasteiger partial charge in [-0.1, -0.05) is 40.7 Å². The number of hydrogen-bond donors (Lipinski definition) is 2. The Kier molecular flexibility index (Phi) is 10.2. The van der Waals surface area contributed by atoms with E-state index in [1.54, 1.807) is 18.0 Å². The molecule has 2 N–H and O–H groups in total. The van der Waals surface area contributed by atoms with Crippen LogP contribution in [-0.4, -0.2) is 70.4 Å². The molecule has 1 aliphatic heterocycles. The van der Waals surface area contributed by atoms with Crippen LogP contribution < -0.4 is 5.32 Å². The first-order chi connectivity index (χ1) is 14.3. The third-order valence-corrected chi connectivity index (χ3v) is 6.29. The van der Waals surface area contributed by atoms with Gasteiger partial charge in [-0.3, -0.25) is 14.5 Å². The molecule has 7 nitrogen and oxygen atoms in total. The van der Waals surface area contributed by atoms with Crippen LogP contribution in [0.1, 0.15) is 68.2 Å². The van der Waals surface area contributed by atoms with E-state index in [4.69, 9.17) is 0 Å². The second-order valence-electron chi connectivity index (χ2n) is 10.1. The fourth-order valence-corrected chi connectivity index (χ4v) is 4.25. The Morgan fingerprint density at radius 1 is 1.06 bits per heavy atom. The van der Waals surface area contributed by atoms with Gasteiger partial charge in [-0.15, -0.1) is 0 Å². The maximum atomic E-state index is 13.4. The molecule has 0 aliphatic carbocycles. The Bertz CT molecular complexity index is 672. The van der Waals surface area contributed by atoms with E-state index in [2.05, 4.69) is 31.0 Å². The number of nitrogens with zero attached hydrogens (tertiary/aromatic N) is 2. The number of likely N-dealkylation sites (tertiary alicyclic amines) is 1. The van der Waals surface area contributed by atoms with Crippen LogP contribution in [-0.2, 0) is 14.4 Å². The van der Waals surface area contributed by atoms with E-state index in [-0.39, 0.29) is 47.3 Å². The largest absolute Gasteiger partial charge is 0.478 e. The molecule has 1 saturated heterocycles. The molecule has 1 rings (SSSR count). The number of carboxylic acids is 1. The average Bonchev–Trinajstić information content (AvgIpc) is 2.67. The summed E-state index contributed by atoms with van der Waals surface area (Å²) in [4.78, 5) is 41.7. The average molecular weight is 438 g/mol. The quantitative estimate of drug-likeness (QED) is 0.541. The topological polar surface area (TPSA) is 90.0 Å². The van der Waals surface area contributed by atoms with Crippen molar-refractivity contribution in [2.45, 2.75) is 92.4 Å². The Hall–Kier alpha value is -1.89. The lowest BCUT2D eigenvalue weighted by Gasteiger charge is -2.41. The fourth-order valence-electron chi connectivity index (χ4n) is 4.25. The van der Waals surface area contributed by atoms with Gasteiger partial charge in [0.2, 0.25) is 11.8 Å². The Balaban J connectivity index is 3.06. The molecule has 0 aromatic heterocycles. The second kappa shape index (κ2) is 11.7. The number of nitrogens with one attached hydrogen (secondary N) is 1. The highest BCUT2D eigenvalue weighted by molar-refractivity contribution is 5.90. The molecule has 0 radical (unpaired) electrons. The summed E-state index contributed by atoms with van der Waals surface area (Å²) in [7, 11) is 1.68. The van der Waals surface area contributed by atoms with Crippen LogP contribution in [0.15, 0.2) is 11.6 Å². The van der Waals surface area contributed by atoms with Crippen molar-refractivity contribution in [3.05, 3.63) is 11.6 Å². The summed E-state index contributed by atoms with van der Waals surface area (Å²) in [5, 5.41) is 12.3. The van der Waals surface area contributed by atoms with Crippen molar-refractivity contribution in [1.82, 2.24) is 15.1 Å². The highest BCUT2D eigenvalue weighted by atomic mass is 16.4. The van der Waals surface area contributed by atoms with E-state index in [1.165, 1.54) is 6.92 Å². The zero-order valence-corrected chi connectivity index (χ0v) is 20.8. The van der Waals surface area contributed by atoms with Crippen molar-refractivity contribution in [2.24, 2.45) is 17.8 Å². The van der Waals surface area contributed by atoms with Gasteiger partial charge in [0.15, 0.2) is 0 Å². The molecule has 31 heavy (non-hydrogen) atoms. The number of carbonyl (C=O) groups is 3. The first-order valence-corrected chi connectivity index (χ1v) is 11.5. The van der Waals surface area contributed by atoms with Crippen LogP contribution in [0.25, 0.3) is 0 Å². The molecule has 2 amide bonds. The molecule has 0 spiro atoms. The van der Waals surface area contributed by atoms with E-state index >= 15 is 0 Å². The highest BCUT2D eigenvalue weighted by Gasteiger charge is 2.37. The van der Waals surface area contributed by atoms with Crippen LogP contribution >= 0.6 is 0 Å². The van der Waals surface area contributed by atoms with Crippen molar-refractivity contribution < 1.29 is 19.5 Å². The lowest BCUT2D eigenvalue weighted by molar-refractivity contribution is -0.140. The van der Waals surface area contributed by atoms with E-state index in [0.29, 0.717) is 5.92 Å². The fraction of sp³-hybridized carbons (Fsp3) is 0.792. The summed E-state index contributed by atoms with van der Waals surface area (Å²) in [5.41, 5.74) is 0.201. The normalized spacial score (nSPS) is 22.5. The molecule has 1 fully saturated rings. The third kappa shape index (κ3) is 7.34. The molecular formula is C24H43N3O4. The van der Waals surface area contributed by atoms with Crippen LogP contribution in [0.5, 0.6) is 0 Å². The SMILES string of the molecule is C/C(=C\[C@H](C(C)C)N(C)C(=O)C(NC(=O)[C@H]1CC[C@@H](C)CN1C(C)C)C(C)C)C(=O)O. The Labute approximate surface area is 188 Å². The monoisotopic (exact) mass is 437 g/mol. The number of piperidine rings is 1. The van der Waals surface area contributed by atoms with Gasteiger partial charge in [0, 0.05) is 25.2 Å². The Morgan fingerprint density at radius 2 is 1.65 bits per heavy atom. The van der Waals surface area contributed by atoms with Gasteiger partial charge in [0.1, 0.15) is 6.04 Å². The molecule has 7 heteroatoms. The molecule has 1 heterocycles. The van der Waals surface area contributed by atoms with Crippen LogP contribution in [0.2, 0.25) is 0 Å². The highest BCUT2D eigenvalue weighted by Crippen LogP contribution is 2.24.